The summed E-state index contributed by atoms with van der Waals surface area (Å²) in [6.45, 7) is 0.188. The summed E-state index contributed by atoms with van der Waals surface area (Å²) in [7, 11) is 0. The lowest BCUT2D eigenvalue weighted by Crippen LogP contribution is -2.00. The van der Waals surface area contributed by atoms with Crippen LogP contribution in [-0.2, 0) is 9.53 Å². The molecular formula is C16H12O3. The van der Waals surface area contributed by atoms with Gasteiger partial charge in [-0.3, -0.25) is 0 Å². The summed E-state index contributed by atoms with van der Waals surface area (Å²) in [6, 6.07) is 11.1. The number of furan rings is 1. The number of benzene rings is 1. The second-order valence-electron chi connectivity index (χ2n) is 3.67. The molecule has 0 aliphatic carbocycles. The lowest BCUT2D eigenvalue weighted by Gasteiger charge is -1.93. The molecule has 0 spiro atoms. The van der Waals surface area contributed by atoms with E-state index in [9.17, 15) is 4.79 Å². The van der Waals surface area contributed by atoms with E-state index in [4.69, 9.17) is 9.15 Å². The van der Waals surface area contributed by atoms with Gasteiger partial charge in [0.25, 0.3) is 0 Å². The summed E-state index contributed by atoms with van der Waals surface area (Å²) in [4.78, 5) is 11.3. The first kappa shape index (κ1) is 12.7. The molecule has 1 aromatic carbocycles. The zero-order valence-corrected chi connectivity index (χ0v) is 10.2. The van der Waals surface area contributed by atoms with Crippen LogP contribution in [0.15, 0.2) is 59.4 Å². The van der Waals surface area contributed by atoms with E-state index in [0.717, 1.165) is 11.1 Å². The Bertz CT molecular complexity index is 598. The van der Waals surface area contributed by atoms with Gasteiger partial charge < -0.3 is 9.15 Å². The van der Waals surface area contributed by atoms with E-state index in [1.165, 1.54) is 0 Å². The molecule has 0 N–H and O–H groups in total. The van der Waals surface area contributed by atoms with Crippen LogP contribution >= 0.6 is 0 Å². The van der Waals surface area contributed by atoms with Crippen LogP contribution in [-0.4, -0.2) is 12.6 Å². The average Bonchev–Trinajstić information content (AvgIpc) is 2.96. The van der Waals surface area contributed by atoms with Crippen molar-refractivity contribution in [2.75, 3.05) is 6.61 Å². The molecule has 1 heterocycles. The van der Waals surface area contributed by atoms with E-state index in [0.29, 0.717) is 0 Å². The number of esters is 1. The maximum absolute atomic E-state index is 11.3. The minimum Gasteiger partial charge on any atom is -0.472 e. The first-order chi connectivity index (χ1) is 9.34. The van der Waals surface area contributed by atoms with Gasteiger partial charge in [0, 0.05) is 17.0 Å². The van der Waals surface area contributed by atoms with E-state index < -0.39 is 5.97 Å². The molecule has 0 bridgehead atoms. The van der Waals surface area contributed by atoms with Crippen molar-refractivity contribution >= 4 is 12.0 Å². The fraction of sp³-hybridized carbons (Fsp3) is 0.0625. The van der Waals surface area contributed by atoms with E-state index >= 15 is 0 Å². The molecule has 0 atom stereocenters. The van der Waals surface area contributed by atoms with Crippen LogP contribution < -0.4 is 0 Å². The van der Waals surface area contributed by atoms with Crippen molar-refractivity contribution < 1.29 is 13.9 Å². The summed E-state index contributed by atoms with van der Waals surface area (Å²) >= 11 is 0. The Morgan fingerprint density at radius 3 is 2.84 bits per heavy atom. The predicted molar refractivity (Wildman–Crippen MR) is 72.0 cm³/mol. The van der Waals surface area contributed by atoms with Gasteiger partial charge in [-0.25, -0.2) is 4.79 Å². The Hall–Kier alpha value is -2.73. The number of carbonyl (C=O) groups is 1. The van der Waals surface area contributed by atoms with Gasteiger partial charge in [-0.05, 0) is 24.3 Å². The highest BCUT2D eigenvalue weighted by atomic mass is 16.5. The molecule has 0 saturated carbocycles. The Balaban J connectivity index is 1.78. The topological polar surface area (TPSA) is 39.4 Å². The SMILES string of the molecule is O=C(C#Cc1ccccc1)OC/C=C/c1ccoc1. The van der Waals surface area contributed by atoms with Crippen molar-refractivity contribution in [3.63, 3.8) is 0 Å². The molecule has 0 aliphatic rings. The molecule has 0 unspecified atom stereocenters. The molecule has 0 amide bonds. The van der Waals surface area contributed by atoms with Crippen LogP contribution in [0.2, 0.25) is 0 Å². The first-order valence-electron chi connectivity index (χ1n) is 5.77. The van der Waals surface area contributed by atoms with E-state index in [1.54, 1.807) is 24.7 Å². The quantitative estimate of drug-likeness (QED) is 0.623. The van der Waals surface area contributed by atoms with Crippen molar-refractivity contribution in [1.29, 1.82) is 0 Å². The fourth-order valence-corrected chi connectivity index (χ4v) is 1.36. The van der Waals surface area contributed by atoms with Crippen LogP contribution in [0.1, 0.15) is 11.1 Å². The van der Waals surface area contributed by atoms with Gasteiger partial charge in [0.1, 0.15) is 6.61 Å². The van der Waals surface area contributed by atoms with Crippen LogP contribution in [0.25, 0.3) is 6.08 Å². The Morgan fingerprint density at radius 2 is 2.11 bits per heavy atom. The number of carbonyl (C=O) groups excluding carboxylic acids is 1. The van der Waals surface area contributed by atoms with Crippen molar-refractivity contribution in [3.05, 3.63) is 66.1 Å². The minimum atomic E-state index is -0.541. The average molecular weight is 252 g/mol. The molecule has 2 rings (SSSR count). The third kappa shape index (κ3) is 4.57. The second-order valence-corrected chi connectivity index (χ2v) is 3.67. The third-order valence-corrected chi connectivity index (χ3v) is 2.25. The highest BCUT2D eigenvalue weighted by molar-refractivity contribution is 5.89. The van der Waals surface area contributed by atoms with Crippen molar-refractivity contribution in [2.45, 2.75) is 0 Å². The standard InChI is InChI=1S/C16H12O3/c17-16(9-8-14-5-2-1-3-6-14)19-11-4-7-15-10-12-18-13-15/h1-7,10,12-13H,11H2/b7-4+. The summed E-state index contributed by atoms with van der Waals surface area (Å²) in [5.74, 6) is 4.62. The molecule has 0 aliphatic heterocycles. The van der Waals surface area contributed by atoms with E-state index in [-0.39, 0.29) is 6.61 Å². The van der Waals surface area contributed by atoms with E-state index in [1.807, 2.05) is 36.4 Å². The summed E-state index contributed by atoms with van der Waals surface area (Å²) < 4.78 is 9.83. The lowest BCUT2D eigenvalue weighted by atomic mass is 10.2. The Kier molecular flexibility index (Phi) is 4.60. The lowest BCUT2D eigenvalue weighted by molar-refractivity contribution is -0.135. The molecular weight excluding hydrogens is 240 g/mol. The summed E-state index contributed by atoms with van der Waals surface area (Å²) in [5.41, 5.74) is 1.71. The molecule has 3 nitrogen and oxygen atoms in total. The predicted octanol–water partition coefficient (Wildman–Crippen LogP) is 2.89. The van der Waals surface area contributed by atoms with Crippen LogP contribution in [0.4, 0.5) is 0 Å². The minimum absolute atomic E-state index is 0.188. The normalized spacial score (nSPS) is 9.89. The molecule has 0 saturated heterocycles. The highest BCUT2D eigenvalue weighted by Gasteiger charge is 1.94. The Labute approximate surface area is 111 Å². The molecule has 19 heavy (non-hydrogen) atoms. The molecule has 0 radical (unpaired) electrons. The number of hydrogen-bond acceptors (Lipinski definition) is 3. The molecule has 1 aromatic heterocycles. The fourth-order valence-electron chi connectivity index (χ4n) is 1.36. The van der Waals surface area contributed by atoms with Gasteiger partial charge in [0.15, 0.2) is 0 Å². The van der Waals surface area contributed by atoms with Crippen molar-refractivity contribution in [1.82, 2.24) is 0 Å². The summed E-state index contributed by atoms with van der Waals surface area (Å²) in [6.07, 6.45) is 6.72. The number of hydrogen-bond donors (Lipinski definition) is 0. The monoisotopic (exact) mass is 252 g/mol. The first-order valence-corrected chi connectivity index (χ1v) is 5.77. The zero-order valence-electron chi connectivity index (χ0n) is 10.2. The number of rotatable bonds is 3. The van der Waals surface area contributed by atoms with Gasteiger partial charge in [-0.2, -0.15) is 0 Å². The van der Waals surface area contributed by atoms with Gasteiger partial charge in [0.05, 0.1) is 12.5 Å². The van der Waals surface area contributed by atoms with Crippen LogP contribution in [0.5, 0.6) is 0 Å². The molecule has 0 fully saturated rings. The maximum atomic E-state index is 11.3. The van der Waals surface area contributed by atoms with Crippen LogP contribution in [0.3, 0.4) is 0 Å². The van der Waals surface area contributed by atoms with Crippen molar-refractivity contribution in [2.24, 2.45) is 0 Å². The Morgan fingerprint density at radius 1 is 1.26 bits per heavy atom. The smallest absolute Gasteiger partial charge is 0.385 e. The maximum Gasteiger partial charge on any atom is 0.385 e. The van der Waals surface area contributed by atoms with Gasteiger partial charge in [0.2, 0.25) is 0 Å². The summed E-state index contributed by atoms with van der Waals surface area (Å²) in [5, 5.41) is 0. The van der Waals surface area contributed by atoms with Crippen LogP contribution in [0, 0.1) is 11.8 Å². The van der Waals surface area contributed by atoms with Gasteiger partial charge in [-0.15, -0.1) is 0 Å². The molecule has 94 valence electrons. The zero-order chi connectivity index (χ0) is 13.3. The second kappa shape index (κ2) is 6.87. The highest BCUT2D eigenvalue weighted by Crippen LogP contribution is 2.01. The molecule has 2 aromatic rings. The largest absolute Gasteiger partial charge is 0.472 e. The van der Waals surface area contributed by atoms with Crippen molar-refractivity contribution in [3.8, 4) is 11.8 Å². The third-order valence-electron chi connectivity index (χ3n) is 2.25. The van der Waals surface area contributed by atoms with E-state index in [2.05, 4.69) is 11.8 Å². The van der Waals surface area contributed by atoms with Gasteiger partial charge >= 0.3 is 5.97 Å². The number of ether oxygens (including phenoxy) is 1. The molecule has 3 heteroatoms. The van der Waals surface area contributed by atoms with Gasteiger partial charge in [-0.1, -0.05) is 30.2 Å².